The summed E-state index contributed by atoms with van der Waals surface area (Å²) in [6.07, 6.45) is 0. The topological polar surface area (TPSA) is 30.5 Å². The number of para-hydroxylation sites is 4. The van der Waals surface area contributed by atoms with Crippen molar-refractivity contribution in [2.45, 2.75) is 0 Å². The highest BCUT2D eigenvalue weighted by molar-refractivity contribution is 6.37. The van der Waals surface area contributed by atoms with Crippen LogP contribution in [0, 0.1) is 0 Å². The number of anilines is 10. The van der Waals surface area contributed by atoms with Crippen LogP contribution in [0.3, 0.4) is 0 Å². The number of hydrogen-bond acceptors (Lipinski definition) is 4. The van der Waals surface area contributed by atoms with Gasteiger partial charge in [0.15, 0.2) is 0 Å². The van der Waals surface area contributed by atoms with Crippen molar-refractivity contribution in [3.8, 4) is 0 Å². The molecule has 0 atom stereocenters. The van der Waals surface area contributed by atoms with Gasteiger partial charge in [-0.05, 0) is 97.1 Å². The van der Waals surface area contributed by atoms with Gasteiger partial charge in [0.2, 0.25) is 0 Å². The molecule has 0 amide bonds. The lowest BCUT2D eigenvalue weighted by atomic mass is 10.1. The normalized spacial score (nSPS) is 10.7. The van der Waals surface area contributed by atoms with Crippen LogP contribution in [0.2, 0.25) is 10.0 Å². The number of hydrogen-bond donors (Lipinski definition) is 2. The molecular weight excluding hydrogens is 631 g/mol. The van der Waals surface area contributed by atoms with Crippen molar-refractivity contribution >= 4 is 80.1 Å². The molecule has 0 fully saturated rings. The van der Waals surface area contributed by atoms with E-state index >= 15 is 0 Å². The van der Waals surface area contributed by atoms with Crippen LogP contribution in [0.15, 0.2) is 182 Å². The van der Waals surface area contributed by atoms with E-state index in [4.69, 9.17) is 23.2 Å². The minimum Gasteiger partial charge on any atom is -0.354 e. The van der Waals surface area contributed by atoms with Gasteiger partial charge in [-0.15, -0.1) is 0 Å². The molecule has 2 N–H and O–H groups in total. The highest BCUT2D eigenvalue weighted by Crippen LogP contribution is 2.45. The molecule has 7 aromatic rings. The SMILES string of the molecule is Clc1c(Nc2ccccc2)cccc1N(c1ccccc1)c1ccc(N(c2ccccc2)c2cccc(Nc3ccccc3)c2Cl)cc1. The summed E-state index contributed by atoms with van der Waals surface area (Å²) in [4.78, 5) is 4.35. The van der Waals surface area contributed by atoms with Crippen molar-refractivity contribution < 1.29 is 0 Å². The maximum atomic E-state index is 7.15. The fourth-order valence-electron chi connectivity index (χ4n) is 5.69. The van der Waals surface area contributed by atoms with Crippen LogP contribution in [0.5, 0.6) is 0 Å². The predicted molar refractivity (Wildman–Crippen MR) is 205 cm³/mol. The van der Waals surface area contributed by atoms with Crippen LogP contribution in [0.25, 0.3) is 0 Å². The predicted octanol–water partition coefficient (Wildman–Crippen LogP) is 13.4. The van der Waals surface area contributed by atoms with E-state index in [9.17, 15) is 0 Å². The van der Waals surface area contributed by atoms with Crippen molar-refractivity contribution in [3.63, 3.8) is 0 Å². The molecule has 234 valence electrons. The molecule has 0 aliphatic heterocycles. The monoisotopic (exact) mass is 662 g/mol. The van der Waals surface area contributed by atoms with E-state index in [1.807, 2.05) is 133 Å². The Kier molecular flexibility index (Phi) is 9.28. The Morgan fingerprint density at radius 3 is 0.979 bits per heavy atom. The standard InChI is InChI=1S/C42H32Cl2N4/c43-41-37(45-31-15-5-1-6-16-31)23-13-25-39(41)47(33-19-9-3-10-20-33)35-27-29-36(30-28-35)48(34-21-11-4-12-22-34)40-26-14-24-38(42(40)44)46-32-17-7-2-8-18-32/h1-30,45-46H. The third-order valence-electron chi connectivity index (χ3n) is 7.94. The second-order valence-electron chi connectivity index (χ2n) is 11.1. The Balaban J connectivity index is 1.29. The smallest absolute Gasteiger partial charge is 0.0881 e. The number of benzene rings is 7. The lowest BCUT2D eigenvalue weighted by Crippen LogP contribution is -2.13. The Hall–Kier alpha value is -5.68. The molecule has 0 spiro atoms. The van der Waals surface area contributed by atoms with Gasteiger partial charge in [-0.3, -0.25) is 0 Å². The van der Waals surface area contributed by atoms with Gasteiger partial charge in [-0.1, -0.05) is 108 Å². The number of nitrogens with one attached hydrogen (secondary N) is 2. The van der Waals surface area contributed by atoms with E-state index < -0.39 is 0 Å². The Labute approximate surface area is 291 Å². The number of halogens is 2. The quantitative estimate of drug-likeness (QED) is 0.152. The molecule has 48 heavy (non-hydrogen) atoms. The first-order valence-corrected chi connectivity index (χ1v) is 16.4. The van der Waals surface area contributed by atoms with E-state index in [0.29, 0.717) is 10.0 Å². The highest BCUT2D eigenvalue weighted by Gasteiger charge is 2.21. The van der Waals surface area contributed by atoms with Crippen LogP contribution < -0.4 is 20.4 Å². The fourth-order valence-corrected chi connectivity index (χ4v) is 6.21. The van der Waals surface area contributed by atoms with Crippen LogP contribution in [-0.4, -0.2) is 0 Å². The van der Waals surface area contributed by atoms with Gasteiger partial charge >= 0.3 is 0 Å². The van der Waals surface area contributed by atoms with E-state index in [1.54, 1.807) is 0 Å². The van der Waals surface area contributed by atoms with Crippen molar-refractivity contribution in [1.29, 1.82) is 0 Å². The van der Waals surface area contributed by atoms with Gasteiger partial charge in [0.05, 0.1) is 32.8 Å². The Bertz CT molecular complexity index is 1940. The maximum absolute atomic E-state index is 7.15. The molecule has 4 nitrogen and oxygen atoms in total. The third-order valence-corrected chi connectivity index (χ3v) is 8.73. The molecule has 0 heterocycles. The number of rotatable bonds is 10. The largest absolute Gasteiger partial charge is 0.354 e. The summed E-state index contributed by atoms with van der Waals surface area (Å²) in [5, 5.41) is 8.19. The Morgan fingerprint density at radius 2 is 0.625 bits per heavy atom. The zero-order valence-electron chi connectivity index (χ0n) is 26.0. The van der Waals surface area contributed by atoms with Crippen LogP contribution >= 0.6 is 23.2 Å². The minimum absolute atomic E-state index is 0.620. The molecule has 0 aromatic heterocycles. The Morgan fingerprint density at radius 1 is 0.312 bits per heavy atom. The van der Waals surface area contributed by atoms with E-state index in [0.717, 1.165) is 56.9 Å². The molecule has 0 aliphatic carbocycles. The fraction of sp³-hybridized carbons (Fsp3) is 0. The summed E-state index contributed by atoms with van der Waals surface area (Å²) in [7, 11) is 0. The van der Waals surface area contributed by atoms with Gasteiger partial charge in [-0.2, -0.15) is 0 Å². The van der Waals surface area contributed by atoms with Crippen molar-refractivity contribution in [2.24, 2.45) is 0 Å². The second-order valence-corrected chi connectivity index (χ2v) is 11.9. The van der Waals surface area contributed by atoms with Crippen LogP contribution in [-0.2, 0) is 0 Å². The molecule has 0 aliphatic rings. The molecule has 0 saturated carbocycles. The first kappa shape index (κ1) is 30.9. The lowest BCUT2D eigenvalue weighted by molar-refractivity contribution is 1.25. The van der Waals surface area contributed by atoms with Crippen LogP contribution in [0.1, 0.15) is 0 Å². The summed E-state index contributed by atoms with van der Waals surface area (Å²) in [5.74, 6) is 0. The molecule has 0 unspecified atom stereocenters. The molecular formula is C42H32Cl2N4. The lowest BCUT2D eigenvalue weighted by Gasteiger charge is -2.30. The molecule has 0 saturated heterocycles. The number of nitrogens with zero attached hydrogens (tertiary/aromatic N) is 2. The molecule has 0 bridgehead atoms. The second kappa shape index (κ2) is 14.4. The zero-order valence-corrected chi connectivity index (χ0v) is 27.5. The minimum atomic E-state index is 0.620. The summed E-state index contributed by atoms with van der Waals surface area (Å²) in [6, 6.07) is 61.2. The maximum Gasteiger partial charge on any atom is 0.0881 e. The molecule has 6 heteroatoms. The van der Waals surface area contributed by atoms with Gasteiger partial charge in [0, 0.05) is 34.1 Å². The average Bonchev–Trinajstić information content (AvgIpc) is 3.14. The molecule has 0 radical (unpaired) electrons. The molecule has 7 rings (SSSR count). The zero-order chi connectivity index (χ0) is 32.7. The summed E-state index contributed by atoms with van der Waals surface area (Å²) in [6.45, 7) is 0. The van der Waals surface area contributed by atoms with E-state index in [-0.39, 0.29) is 0 Å². The third kappa shape index (κ3) is 6.72. The van der Waals surface area contributed by atoms with Crippen molar-refractivity contribution in [2.75, 3.05) is 20.4 Å². The van der Waals surface area contributed by atoms with Crippen molar-refractivity contribution in [1.82, 2.24) is 0 Å². The average molecular weight is 664 g/mol. The van der Waals surface area contributed by atoms with Gasteiger partial charge < -0.3 is 20.4 Å². The van der Waals surface area contributed by atoms with Gasteiger partial charge in [0.1, 0.15) is 0 Å². The van der Waals surface area contributed by atoms with E-state index in [1.165, 1.54) is 0 Å². The summed E-state index contributed by atoms with van der Waals surface area (Å²) >= 11 is 14.3. The first-order valence-electron chi connectivity index (χ1n) is 15.7. The highest BCUT2D eigenvalue weighted by atomic mass is 35.5. The van der Waals surface area contributed by atoms with Crippen molar-refractivity contribution in [3.05, 3.63) is 192 Å². The summed E-state index contributed by atoms with van der Waals surface area (Å²) < 4.78 is 0. The first-order chi connectivity index (χ1) is 23.7. The molecule has 7 aromatic carbocycles. The summed E-state index contributed by atoms with van der Waals surface area (Å²) in [5.41, 5.74) is 9.21. The van der Waals surface area contributed by atoms with Crippen LogP contribution in [0.4, 0.5) is 56.9 Å². The van der Waals surface area contributed by atoms with Gasteiger partial charge in [0.25, 0.3) is 0 Å². The van der Waals surface area contributed by atoms with Gasteiger partial charge in [-0.25, -0.2) is 0 Å². The van der Waals surface area contributed by atoms with E-state index in [2.05, 4.69) is 69.0 Å².